The first-order valence-corrected chi connectivity index (χ1v) is 5.20. The highest BCUT2D eigenvalue weighted by Gasteiger charge is 2.24. The second-order valence-electron chi connectivity index (χ2n) is 5.91. The van der Waals surface area contributed by atoms with Crippen molar-refractivity contribution in [2.45, 2.75) is 52.6 Å². The van der Waals surface area contributed by atoms with Gasteiger partial charge in [0.15, 0.2) is 0 Å². The van der Waals surface area contributed by atoms with Gasteiger partial charge in [0, 0.05) is 23.0 Å². The molecule has 0 aromatic carbocycles. The predicted molar refractivity (Wildman–Crippen MR) is 60.6 cm³/mol. The van der Waals surface area contributed by atoms with Crippen LogP contribution in [0.5, 0.6) is 0 Å². The minimum Gasteiger partial charge on any atom is -0.381 e. The van der Waals surface area contributed by atoms with Crippen molar-refractivity contribution in [2.75, 3.05) is 6.54 Å². The molecule has 0 amide bonds. The van der Waals surface area contributed by atoms with Crippen LogP contribution in [0.2, 0.25) is 0 Å². The summed E-state index contributed by atoms with van der Waals surface area (Å²) < 4.78 is 0. The van der Waals surface area contributed by atoms with Gasteiger partial charge in [-0.2, -0.15) is 0 Å². The summed E-state index contributed by atoms with van der Waals surface area (Å²) in [7, 11) is 0. The molecular weight excluding hydrogens is 174 g/mol. The van der Waals surface area contributed by atoms with Gasteiger partial charge in [-0.1, -0.05) is 0 Å². The fourth-order valence-corrected chi connectivity index (χ4v) is 1.41. The number of nitrogens with zero attached hydrogens (tertiary/aromatic N) is 1. The minimum absolute atomic E-state index is 0.140. The normalized spacial score (nSPS) is 18.4. The summed E-state index contributed by atoms with van der Waals surface area (Å²) >= 11 is 0. The van der Waals surface area contributed by atoms with E-state index in [4.69, 9.17) is 0 Å². The molecule has 1 aliphatic heterocycles. The molecule has 0 aromatic rings. The van der Waals surface area contributed by atoms with E-state index in [1.165, 1.54) is 5.70 Å². The number of hydrogen-bond acceptors (Lipinski definition) is 3. The van der Waals surface area contributed by atoms with Crippen molar-refractivity contribution in [3.63, 3.8) is 0 Å². The zero-order valence-electron chi connectivity index (χ0n) is 10.2. The fourth-order valence-electron chi connectivity index (χ4n) is 1.41. The van der Waals surface area contributed by atoms with Crippen molar-refractivity contribution in [2.24, 2.45) is 0 Å². The van der Waals surface area contributed by atoms with Gasteiger partial charge >= 0.3 is 0 Å². The molecule has 0 spiro atoms. The van der Waals surface area contributed by atoms with E-state index in [1.54, 1.807) is 0 Å². The molecule has 0 aliphatic carbocycles. The van der Waals surface area contributed by atoms with Crippen LogP contribution in [0.4, 0.5) is 0 Å². The quantitative estimate of drug-likeness (QED) is 0.671. The van der Waals surface area contributed by atoms with E-state index in [2.05, 4.69) is 63.5 Å². The van der Waals surface area contributed by atoms with Gasteiger partial charge in [0.25, 0.3) is 0 Å². The molecule has 1 rings (SSSR count). The molecule has 3 nitrogen and oxygen atoms in total. The third kappa shape index (κ3) is 3.22. The molecular formula is C11H23N3. The van der Waals surface area contributed by atoms with E-state index in [1.807, 2.05) is 0 Å². The number of rotatable bonds is 1. The van der Waals surface area contributed by atoms with Gasteiger partial charge in [0.05, 0.1) is 6.54 Å². The van der Waals surface area contributed by atoms with Crippen LogP contribution in [-0.4, -0.2) is 22.6 Å². The van der Waals surface area contributed by atoms with Crippen molar-refractivity contribution < 1.29 is 0 Å². The molecule has 1 aliphatic rings. The van der Waals surface area contributed by atoms with Gasteiger partial charge in [-0.15, -0.1) is 0 Å². The van der Waals surface area contributed by atoms with Crippen LogP contribution in [0.25, 0.3) is 0 Å². The Kier molecular flexibility index (Phi) is 2.81. The maximum Gasteiger partial charge on any atom is 0.0564 e. The van der Waals surface area contributed by atoms with Crippen LogP contribution in [0.3, 0.4) is 0 Å². The first-order chi connectivity index (χ1) is 6.18. The summed E-state index contributed by atoms with van der Waals surface area (Å²) in [5.74, 6) is 0. The van der Waals surface area contributed by atoms with Crippen molar-refractivity contribution in [1.29, 1.82) is 0 Å². The number of nitrogens with one attached hydrogen (secondary N) is 2. The van der Waals surface area contributed by atoms with Gasteiger partial charge in [-0.05, 0) is 41.5 Å². The Bertz CT molecular complexity index is 230. The maximum absolute atomic E-state index is 3.48. The topological polar surface area (TPSA) is 27.3 Å². The molecule has 0 saturated heterocycles. The van der Waals surface area contributed by atoms with Crippen LogP contribution in [0, 0.1) is 0 Å². The summed E-state index contributed by atoms with van der Waals surface area (Å²) in [6, 6.07) is 0. The SMILES string of the molecule is CC(C)(C)NC1=CN(C(C)(C)C)NC1. The number of hydrazine groups is 1. The molecule has 0 fully saturated rings. The Balaban J connectivity index is 2.60. The van der Waals surface area contributed by atoms with Crippen molar-refractivity contribution >= 4 is 0 Å². The average molecular weight is 197 g/mol. The standard InChI is InChI=1S/C11H23N3/c1-10(2,3)13-9-7-12-14(8-9)11(4,5)6/h8,12-13H,7H2,1-6H3. The average Bonchev–Trinajstić information content (AvgIpc) is 2.29. The van der Waals surface area contributed by atoms with Gasteiger partial charge < -0.3 is 10.3 Å². The van der Waals surface area contributed by atoms with Crippen molar-refractivity contribution in [3.8, 4) is 0 Å². The summed E-state index contributed by atoms with van der Waals surface area (Å²) in [5.41, 5.74) is 4.88. The van der Waals surface area contributed by atoms with E-state index in [0.29, 0.717) is 0 Å². The van der Waals surface area contributed by atoms with Gasteiger partial charge in [0.2, 0.25) is 0 Å². The third-order valence-electron chi connectivity index (χ3n) is 1.98. The van der Waals surface area contributed by atoms with Gasteiger partial charge in [-0.3, -0.25) is 0 Å². The lowest BCUT2D eigenvalue weighted by atomic mass is 10.1. The van der Waals surface area contributed by atoms with Gasteiger partial charge in [0.1, 0.15) is 0 Å². The first-order valence-electron chi connectivity index (χ1n) is 5.20. The van der Waals surface area contributed by atoms with Crippen molar-refractivity contribution in [1.82, 2.24) is 15.8 Å². The Morgan fingerprint density at radius 2 is 1.79 bits per heavy atom. The Morgan fingerprint density at radius 3 is 2.14 bits per heavy atom. The summed E-state index contributed by atoms with van der Waals surface area (Å²) in [6.07, 6.45) is 2.16. The van der Waals surface area contributed by atoms with Crippen LogP contribution < -0.4 is 10.7 Å². The summed E-state index contributed by atoms with van der Waals surface area (Å²) in [6.45, 7) is 14.0. The van der Waals surface area contributed by atoms with E-state index in [0.717, 1.165) is 6.54 Å². The molecule has 0 radical (unpaired) electrons. The summed E-state index contributed by atoms with van der Waals surface area (Å²) in [5, 5.41) is 5.63. The Morgan fingerprint density at radius 1 is 1.21 bits per heavy atom. The molecule has 0 saturated carbocycles. The Labute approximate surface area is 87.5 Å². The van der Waals surface area contributed by atoms with Crippen molar-refractivity contribution in [3.05, 3.63) is 11.9 Å². The van der Waals surface area contributed by atoms with E-state index < -0.39 is 0 Å². The van der Waals surface area contributed by atoms with E-state index in [-0.39, 0.29) is 11.1 Å². The highest BCUT2D eigenvalue weighted by atomic mass is 15.5. The maximum atomic E-state index is 3.48. The molecule has 1 heterocycles. The second kappa shape index (κ2) is 3.46. The smallest absolute Gasteiger partial charge is 0.0564 e. The minimum atomic E-state index is 0.140. The van der Waals surface area contributed by atoms with Crippen LogP contribution in [0.1, 0.15) is 41.5 Å². The zero-order valence-corrected chi connectivity index (χ0v) is 10.2. The third-order valence-corrected chi connectivity index (χ3v) is 1.98. The molecule has 0 aromatic heterocycles. The lowest BCUT2D eigenvalue weighted by Gasteiger charge is -2.31. The molecule has 2 N–H and O–H groups in total. The highest BCUT2D eigenvalue weighted by Crippen LogP contribution is 2.16. The summed E-state index contributed by atoms with van der Waals surface area (Å²) in [4.78, 5) is 0. The van der Waals surface area contributed by atoms with Gasteiger partial charge in [-0.25, -0.2) is 5.43 Å². The Hall–Kier alpha value is -0.700. The lowest BCUT2D eigenvalue weighted by Crippen LogP contribution is -2.43. The van der Waals surface area contributed by atoms with Crippen LogP contribution in [0.15, 0.2) is 11.9 Å². The van der Waals surface area contributed by atoms with Crippen LogP contribution >= 0.6 is 0 Å². The molecule has 14 heavy (non-hydrogen) atoms. The highest BCUT2D eigenvalue weighted by molar-refractivity contribution is 5.10. The van der Waals surface area contributed by atoms with Crippen LogP contribution in [-0.2, 0) is 0 Å². The largest absolute Gasteiger partial charge is 0.381 e. The molecule has 0 atom stereocenters. The molecule has 3 heteroatoms. The molecule has 82 valence electrons. The lowest BCUT2D eigenvalue weighted by molar-refractivity contribution is 0.158. The fraction of sp³-hybridized carbons (Fsp3) is 0.818. The molecule has 0 unspecified atom stereocenters. The zero-order chi connectivity index (χ0) is 11.0. The number of hydrogen-bond donors (Lipinski definition) is 2. The first kappa shape index (κ1) is 11.4. The van der Waals surface area contributed by atoms with E-state index >= 15 is 0 Å². The second-order valence-corrected chi connectivity index (χ2v) is 5.91. The van der Waals surface area contributed by atoms with E-state index in [9.17, 15) is 0 Å². The predicted octanol–water partition coefficient (Wildman–Crippen LogP) is 1.83. The molecule has 0 bridgehead atoms. The monoisotopic (exact) mass is 197 g/mol.